The molecule has 1 heterocycles. The largest absolute Gasteiger partial charge is 0.297 e. The molecule has 124 valence electrons. The molecule has 0 amide bonds. The standard InChI is InChI=1S/C17H28N2O2S/c1-5-8-17(2,3)14-7-6-13(9-14)16(20)12-19-11-15(10-18-19)22(4)21/h10-11,13-14H,5-9,12H2,1-4H3/t13-,14+,22?/m0/s1. The predicted molar refractivity (Wildman–Crippen MR) is 89.1 cm³/mol. The molecule has 1 aromatic heterocycles. The fourth-order valence-electron chi connectivity index (χ4n) is 3.70. The van der Waals surface area contributed by atoms with Crippen molar-refractivity contribution in [3.05, 3.63) is 12.4 Å². The van der Waals surface area contributed by atoms with Crippen LogP contribution in [0.4, 0.5) is 0 Å². The summed E-state index contributed by atoms with van der Waals surface area (Å²) in [6.07, 6.45) is 10.5. The van der Waals surface area contributed by atoms with E-state index >= 15 is 0 Å². The highest BCUT2D eigenvalue weighted by molar-refractivity contribution is 7.84. The van der Waals surface area contributed by atoms with Gasteiger partial charge in [-0.25, -0.2) is 0 Å². The Morgan fingerprint density at radius 3 is 2.77 bits per heavy atom. The second-order valence-electron chi connectivity index (χ2n) is 7.24. The third-order valence-corrected chi connectivity index (χ3v) is 6.02. The van der Waals surface area contributed by atoms with Gasteiger partial charge in [0.1, 0.15) is 0 Å². The smallest absolute Gasteiger partial charge is 0.157 e. The van der Waals surface area contributed by atoms with Gasteiger partial charge >= 0.3 is 0 Å². The minimum atomic E-state index is -1.04. The van der Waals surface area contributed by atoms with Crippen LogP contribution in [0.3, 0.4) is 0 Å². The third-order valence-electron chi connectivity index (χ3n) is 5.15. The summed E-state index contributed by atoms with van der Waals surface area (Å²) in [5.74, 6) is 1.09. The number of carbonyl (C=O) groups is 1. The average molecular weight is 324 g/mol. The van der Waals surface area contributed by atoms with E-state index in [0.29, 0.717) is 22.8 Å². The van der Waals surface area contributed by atoms with E-state index < -0.39 is 10.8 Å². The number of aromatic nitrogens is 2. The van der Waals surface area contributed by atoms with Crippen molar-refractivity contribution in [3.8, 4) is 0 Å². The number of hydrogen-bond acceptors (Lipinski definition) is 3. The van der Waals surface area contributed by atoms with Crippen LogP contribution in [0.2, 0.25) is 0 Å². The zero-order chi connectivity index (χ0) is 16.3. The monoisotopic (exact) mass is 324 g/mol. The Morgan fingerprint density at radius 2 is 2.18 bits per heavy atom. The van der Waals surface area contributed by atoms with Crippen molar-refractivity contribution >= 4 is 16.6 Å². The quantitative estimate of drug-likeness (QED) is 0.772. The topological polar surface area (TPSA) is 52.0 Å². The van der Waals surface area contributed by atoms with E-state index in [1.807, 2.05) is 0 Å². The Labute approximate surface area is 136 Å². The summed E-state index contributed by atoms with van der Waals surface area (Å²) in [6.45, 7) is 7.21. The van der Waals surface area contributed by atoms with Gasteiger partial charge in [0.25, 0.3) is 0 Å². The van der Waals surface area contributed by atoms with Crippen LogP contribution in [-0.2, 0) is 22.1 Å². The van der Waals surface area contributed by atoms with Crippen molar-refractivity contribution in [3.63, 3.8) is 0 Å². The van der Waals surface area contributed by atoms with Gasteiger partial charge in [0.05, 0.1) is 28.4 Å². The lowest BCUT2D eigenvalue weighted by Gasteiger charge is -2.31. The molecule has 0 bridgehead atoms. The first-order chi connectivity index (χ1) is 10.3. The Hall–Kier alpha value is -0.970. The summed E-state index contributed by atoms with van der Waals surface area (Å²) in [7, 11) is -1.04. The van der Waals surface area contributed by atoms with Crippen LogP contribution >= 0.6 is 0 Å². The first-order valence-corrected chi connectivity index (χ1v) is 9.78. The summed E-state index contributed by atoms with van der Waals surface area (Å²) in [4.78, 5) is 13.2. The number of carbonyl (C=O) groups excluding carboxylic acids is 1. The highest BCUT2D eigenvalue weighted by Gasteiger charge is 2.37. The van der Waals surface area contributed by atoms with Gasteiger partial charge in [0.2, 0.25) is 0 Å². The first kappa shape index (κ1) is 17.4. The molecule has 1 aliphatic carbocycles. The summed E-state index contributed by atoms with van der Waals surface area (Å²) in [6, 6.07) is 0. The van der Waals surface area contributed by atoms with Crippen molar-refractivity contribution in [2.45, 2.75) is 64.3 Å². The number of rotatable bonds is 7. The van der Waals surface area contributed by atoms with Crippen LogP contribution in [0.1, 0.15) is 52.9 Å². The summed E-state index contributed by atoms with van der Waals surface area (Å²) in [5, 5.41) is 4.15. The number of nitrogens with zero attached hydrogens (tertiary/aromatic N) is 2. The molecule has 5 heteroatoms. The molecule has 1 saturated carbocycles. The van der Waals surface area contributed by atoms with E-state index in [0.717, 1.165) is 19.3 Å². The molecule has 2 rings (SSSR count). The minimum Gasteiger partial charge on any atom is -0.297 e. The molecule has 0 aromatic carbocycles. The summed E-state index contributed by atoms with van der Waals surface area (Å²) >= 11 is 0. The molecule has 0 N–H and O–H groups in total. The molecule has 1 aromatic rings. The van der Waals surface area contributed by atoms with Crippen LogP contribution in [-0.4, -0.2) is 26.0 Å². The molecular formula is C17H28N2O2S. The van der Waals surface area contributed by atoms with Crippen LogP contribution < -0.4 is 0 Å². The second-order valence-corrected chi connectivity index (χ2v) is 8.62. The highest BCUT2D eigenvalue weighted by atomic mass is 32.2. The summed E-state index contributed by atoms with van der Waals surface area (Å²) < 4.78 is 13.0. The number of Topliss-reactive ketones (excluding diaryl/α,β-unsaturated/α-hetero) is 1. The van der Waals surface area contributed by atoms with Crippen LogP contribution in [0.15, 0.2) is 17.3 Å². The fraction of sp³-hybridized carbons (Fsp3) is 0.765. The van der Waals surface area contributed by atoms with Gasteiger partial charge in [-0.1, -0.05) is 27.2 Å². The van der Waals surface area contributed by atoms with Crippen LogP contribution in [0.5, 0.6) is 0 Å². The van der Waals surface area contributed by atoms with Gasteiger partial charge in [-0.05, 0) is 37.0 Å². The number of ketones is 1. The molecule has 4 nitrogen and oxygen atoms in total. The van der Waals surface area contributed by atoms with Gasteiger partial charge in [0.15, 0.2) is 5.78 Å². The second kappa shape index (κ2) is 7.07. The SMILES string of the molecule is CCCC(C)(C)[C@@H]1CC[C@H](C(=O)Cn2cc(S(C)=O)cn2)C1. The van der Waals surface area contributed by atoms with Crippen LogP contribution in [0, 0.1) is 17.3 Å². The Morgan fingerprint density at radius 1 is 1.45 bits per heavy atom. The molecule has 0 radical (unpaired) electrons. The van der Waals surface area contributed by atoms with Crippen molar-refractivity contribution in [1.82, 2.24) is 9.78 Å². The van der Waals surface area contributed by atoms with E-state index in [4.69, 9.17) is 0 Å². The van der Waals surface area contributed by atoms with E-state index in [-0.39, 0.29) is 11.7 Å². The van der Waals surface area contributed by atoms with E-state index in [1.165, 1.54) is 12.8 Å². The van der Waals surface area contributed by atoms with Gasteiger partial charge in [0, 0.05) is 18.4 Å². The molecule has 22 heavy (non-hydrogen) atoms. The zero-order valence-corrected chi connectivity index (χ0v) is 15.0. The Balaban J connectivity index is 1.92. The van der Waals surface area contributed by atoms with Crippen molar-refractivity contribution in [2.75, 3.05) is 6.26 Å². The van der Waals surface area contributed by atoms with Crippen molar-refractivity contribution in [2.24, 2.45) is 17.3 Å². The molecule has 0 spiro atoms. The summed E-state index contributed by atoms with van der Waals surface area (Å²) in [5.41, 5.74) is 0.335. The van der Waals surface area contributed by atoms with Crippen molar-refractivity contribution < 1.29 is 9.00 Å². The molecule has 0 saturated heterocycles. The average Bonchev–Trinajstić information content (AvgIpc) is 3.07. The Bertz CT molecular complexity index is 551. The zero-order valence-electron chi connectivity index (χ0n) is 14.2. The number of hydrogen-bond donors (Lipinski definition) is 0. The molecule has 3 atom stereocenters. The van der Waals surface area contributed by atoms with Crippen molar-refractivity contribution in [1.29, 1.82) is 0 Å². The minimum absolute atomic E-state index is 0.168. The molecular weight excluding hydrogens is 296 g/mol. The maximum atomic E-state index is 12.5. The highest BCUT2D eigenvalue weighted by Crippen LogP contribution is 2.45. The molecule has 1 fully saturated rings. The lowest BCUT2D eigenvalue weighted by molar-refractivity contribution is -0.123. The van der Waals surface area contributed by atoms with Gasteiger partial charge in [-0.3, -0.25) is 13.7 Å². The lowest BCUT2D eigenvalue weighted by Crippen LogP contribution is -2.24. The fourth-order valence-corrected chi connectivity index (χ4v) is 4.17. The van der Waals surface area contributed by atoms with E-state index in [9.17, 15) is 9.00 Å². The third kappa shape index (κ3) is 4.06. The molecule has 1 aliphatic rings. The predicted octanol–water partition coefficient (Wildman–Crippen LogP) is 3.43. The van der Waals surface area contributed by atoms with E-state index in [2.05, 4.69) is 25.9 Å². The lowest BCUT2D eigenvalue weighted by atomic mass is 9.74. The van der Waals surface area contributed by atoms with Crippen LogP contribution in [0.25, 0.3) is 0 Å². The molecule has 0 aliphatic heterocycles. The van der Waals surface area contributed by atoms with Gasteiger partial charge in [-0.2, -0.15) is 5.10 Å². The van der Waals surface area contributed by atoms with Gasteiger partial charge in [-0.15, -0.1) is 0 Å². The normalized spacial score (nSPS) is 23.6. The maximum Gasteiger partial charge on any atom is 0.157 e. The van der Waals surface area contributed by atoms with E-state index in [1.54, 1.807) is 23.3 Å². The van der Waals surface area contributed by atoms with Gasteiger partial charge < -0.3 is 0 Å². The maximum absolute atomic E-state index is 12.5. The molecule has 1 unspecified atom stereocenters. The first-order valence-electron chi connectivity index (χ1n) is 8.22. The Kier molecular flexibility index (Phi) is 5.59.